The second-order valence-electron chi connectivity index (χ2n) is 7.09. The van der Waals surface area contributed by atoms with Crippen LogP contribution in [0.3, 0.4) is 0 Å². The molecule has 1 aromatic heterocycles. The Balaban J connectivity index is 1.81. The highest BCUT2D eigenvalue weighted by molar-refractivity contribution is 7.86. The van der Waals surface area contributed by atoms with Gasteiger partial charge in [-0.3, -0.25) is 9.97 Å². The van der Waals surface area contributed by atoms with E-state index in [0.29, 0.717) is 25.2 Å². The minimum Gasteiger partial charge on any atom is -0.478 e. The molecule has 1 aliphatic heterocycles. The van der Waals surface area contributed by atoms with Gasteiger partial charge >= 0.3 is 5.97 Å². The lowest BCUT2D eigenvalue weighted by Crippen LogP contribution is -2.45. The van der Waals surface area contributed by atoms with Gasteiger partial charge < -0.3 is 5.11 Å². The zero-order chi connectivity index (χ0) is 20.3. The lowest BCUT2D eigenvalue weighted by atomic mass is 9.92. The third kappa shape index (κ3) is 4.37. The first kappa shape index (κ1) is 20.4. The molecule has 2 heterocycles. The Labute approximate surface area is 165 Å². The van der Waals surface area contributed by atoms with Crippen molar-refractivity contribution in [3.05, 3.63) is 47.9 Å². The van der Waals surface area contributed by atoms with E-state index in [1.165, 1.54) is 8.61 Å². The Morgan fingerprint density at radius 1 is 1.21 bits per heavy atom. The number of hydrogen-bond acceptors (Lipinski definition) is 5. The number of carbonyl (C=O) groups is 1. The number of hydrogen-bond donors (Lipinski definition) is 1. The molecule has 0 radical (unpaired) electrons. The molecule has 0 saturated carbocycles. The Morgan fingerprint density at radius 3 is 2.54 bits per heavy atom. The number of aromatic carboxylic acids is 1. The van der Waals surface area contributed by atoms with Crippen LogP contribution in [-0.4, -0.2) is 65.3 Å². The number of rotatable bonds is 6. The number of benzene rings is 1. The monoisotopic (exact) mass is 404 g/mol. The SMILES string of the molecule is CN(C)S(=O)(=O)N1CCC[C@H](Cc2nccnc2-c2ccc(C(=O)O)cc2)C1. The summed E-state index contributed by atoms with van der Waals surface area (Å²) in [4.78, 5) is 20.0. The number of carboxylic acids is 1. The van der Waals surface area contributed by atoms with Crippen LogP contribution < -0.4 is 0 Å². The van der Waals surface area contributed by atoms with Crippen LogP contribution in [0.2, 0.25) is 0 Å². The van der Waals surface area contributed by atoms with Crippen molar-refractivity contribution < 1.29 is 18.3 Å². The zero-order valence-electron chi connectivity index (χ0n) is 15.9. The van der Waals surface area contributed by atoms with Crippen molar-refractivity contribution >= 4 is 16.2 Å². The Kier molecular flexibility index (Phi) is 6.07. The fourth-order valence-electron chi connectivity index (χ4n) is 3.44. The lowest BCUT2D eigenvalue weighted by molar-refractivity contribution is 0.0697. The van der Waals surface area contributed by atoms with Crippen molar-refractivity contribution in [2.45, 2.75) is 19.3 Å². The summed E-state index contributed by atoms with van der Waals surface area (Å²) >= 11 is 0. The first-order valence-electron chi connectivity index (χ1n) is 9.10. The van der Waals surface area contributed by atoms with Gasteiger partial charge in [0.2, 0.25) is 0 Å². The smallest absolute Gasteiger partial charge is 0.335 e. The normalized spacial score (nSPS) is 18.3. The maximum atomic E-state index is 12.4. The predicted molar refractivity (Wildman–Crippen MR) is 105 cm³/mol. The average Bonchev–Trinajstić information content (AvgIpc) is 2.68. The molecule has 0 amide bonds. The molecule has 0 unspecified atom stereocenters. The molecule has 1 atom stereocenters. The van der Waals surface area contributed by atoms with Gasteiger partial charge in [0.25, 0.3) is 10.2 Å². The van der Waals surface area contributed by atoms with E-state index < -0.39 is 16.2 Å². The van der Waals surface area contributed by atoms with Crippen molar-refractivity contribution in [2.24, 2.45) is 5.92 Å². The summed E-state index contributed by atoms with van der Waals surface area (Å²) in [6.07, 6.45) is 5.58. The van der Waals surface area contributed by atoms with Gasteiger partial charge in [0, 0.05) is 45.1 Å². The molecule has 28 heavy (non-hydrogen) atoms. The Hall–Kier alpha value is -2.36. The second-order valence-corrected chi connectivity index (χ2v) is 9.24. The van der Waals surface area contributed by atoms with E-state index in [1.54, 1.807) is 50.8 Å². The fraction of sp³-hybridized carbons (Fsp3) is 0.421. The molecular weight excluding hydrogens is 380 g/mol. The van der Waals surface area contributed by atoms with Crippen LogP contribution in [0, 0.1) is 5.92 Å². The van der Waals surface area contributed by atoms with Crippen molar-refractivity contribution in [3.63, 3.8) is 0 Å². The number of nitrogens with zero attached hydrogens (tertiary/aromatic N) is 4. The average molecular weight is 404 g/mol. The van der Waals surface area contributed by atoms with Crippen LogP contribution in [0.25, 0.3) is 11.3 Å². The fourth-order valence-corrected chi connectivity index (χ4v) is 4.66. The Morgan fingerprint density at radius 2 is 1.89 bits per heavy atom. The topological polar surface area (TPSA) is 104 Å². The largest absolute Gasteiger partial charge is 0.478 e. The first-order valence-corrected chi connectivity index (χ1v) is 10.5. The van der Waals surface area contributed by atoms with Gasteiger partial charge in [-0.1, -0.05) is 12.1 Å². The summed E-state index contributed by atoms with van der Waals surface area (Å²) in [6, 6.07) is 6.53. The maximum Gasteiger partial charge on any atom is 0.335 e. The highest BCUT2D eigenvalue weighted by Gasteiger charge is 2.31. The maximum absolute atomic E-state index is 12.4. The van der Waals surface area contributed by atoms with E-state index in [1.807, 2.05) is 0 Å². The molecule has 1 fully saturated rings. The van der Waals surface area contributed by atoms with Gasteiger partial charge in [-0.05, 0) is 37.3 Å². The van der Waals surface area contributed by atoms with E-state index in [9.17, 15) is 13.2 Å². The molecule has 1 aliphatic rings. The summed E-state index contributed by atoms with van der Waals surface area (Å²) in [7, 11) is -0.341. The molecule has 2 aromatic rings. The van der Waals surface area contributed by atoms with Gasteiger partial charge in [0.05, 0.1) is 17.0 Å². The summed E-state index contributed by atoms with van der Waals surface area (Å²) in [5.74, 6) is -0.826. The van der Waals surface area contributed by atoms with Crippen molar-refractivity contribution in [3.8, 4) is 11.3 Å². The molecule has 9 heteroatoms. The molecule has 1 saturated heterocycles. The lowest BCUT2D eigenvalue weighted by Gasteiger charge is -2.33. The summed E-state index contributed by atoms with van der Waals surface area (Å²) in [5, 5.41) is 9.06. The summed E-state index contributed by atoms with van der Waals surface area (Å²) in [6.45, 7) is 0.982. The number of aromatic nitrogens is 2. The van der Waals surface area contributed by atoms with Crippen LogP contribution in [0.15, 0.2) is 36.7 Å². The van der Waals surface area contributed by atoms with Crippen molar-refractivity contribution in [1.82, 2.24) is 18.6 Å². The van der Waals surface area contributed by atoms with Gasteiger partial charge in [-0.2, -0.15) is 17.0 Å². The van der Waals surface area contributed by atoms with Gasteiger partial charge in [0.1, 0.15) is 0 Å². The van der Waals surface area contributed by atoms with Crippen LogP contribution >= 0.6 is 0 Å². The minimum absolute atomic E-state index is 0.150. The highest BCUT2D eigenvalue weighted by atomic mass is 32.2. The van der Waals surface area contributed by atoms with Gasteiger partial charge in [-0.15, -0.1) is 0 Å². The molecule has 0 spiro atoms. The zero-order valence-corrected chi connectivity index (χ0v) is 16.8. The van der Waals surface area contributed by atoms with Crippen molar-refractivity contribution in [1.29, 1.82) is 0 Å². The van der Waals surface area contributed by atoms with E-state index in [2.05, 4.69) is 9.97 Å². The van der Waals surface area contributed by atoms with Crippen LogP contribution in [-0.2, 0) is 16.6 Å². The molecule has 1 aromatic carbocycles. The minimum atomic E-state index is -3.43. The van der Waals surface area contributed by atoms with E-state index in [4.69, 9.17) is 5.11 Å². The molecule has 0 aliphatic carbocycles. The summed E-state index contributed by atoms with van der Waals surface area (Å²) in [5.41, 5.74) is 2.50. The molecule has 150 valence electrons. The predicted octanol–water partition coefficient (Wildman–Crippen LogP) is 1.90. The third-order valence-corrected chi connectivity index (χ3v) is 6.84. The van der Waals surface area contributed by atoms with Gasteiger partial charge in [0.15, 0.2) is 0 Å². The quantitative estimate of drug-likeness (QED) is 0.789. The third-order valence-electron chi connectivity index (χ3n) is 4.93. The molecule has 8 nitrogen and oxygen atoms in total. The van der Waals surface area contributed by atoms with E-state index in [0.717, 1.165) is 24.1 Å². The number of carboxylic acid groups (broad SMARTS) is 1. The van der Waals surface area contributed by atoms with Crippen LogP contribution in [0.4, 0.5) is 0 Å². The molecule has 0 bridgehead atoms. The van der Waals surface area contributed by atoms with E-state index in [-0.39, 0.29) is 11.5 Å². The Bertz CT molecular complexity index is 945. The molecule has 3 rings (SSSR count). The molecule has 1 N–H and O–H groups in total. The highest BCUT2D eigenvalue weighted by Crippen LogP contribution is 2.27. The standard InChI is InChI=1S/C19H24N4O4S/c1-22(2)28(26,27)23-11-3-4-14(13-23)12-17-18(21-10-9-20-17)15-5-7-16(8-6-15)19(24)25/h5-10,14H,3-4,11-13H2,1-2H3,(H,24,25)/t14-/m1/s1. The van der Waals surface area contributed by atoms with Crippen molar-refractivity contribution in [2.75, 3.05) is 27.2 Å². The van der Waals surface area contributed by atoms with Crippen LogP contribution in [0.5, 0.6) is 0 Å². The van der Waals surface area contributed by atoms with Gasteiger partial charge in [-0.25, -0.2) is 4.79 Å². The van der Waals surface area contributed by atoms with E-state index >= 15 is 0 Å². The first-order chi connectivity index (χ1) is 13.3. The molecular formula is C19H24N4O4S. The second kappa shape index (κ2) is 8.34. The number of piperidine rings is 1. The van der Waals surface area contributed by atoms with Crippen LogP contribution in [0.1, 0.15) is 28.9 Å². The summed E-state index contributed by atoms with van der Waals surface area (Å²) < 4.78 is 27.6.